The predicted octanol–water partition coefficient (Wildman–Crippen LogP) is -0.326. The lowest BCUT2D eigenvalue weighted by Gasteiger charge is -2.26. The van der Waals surface area contributed by atoms with Gasteiger partial charge in [-0.05, 0) is 5.56 Å². The van der Waals surface area contributed by atoms with E-state index in [-0.39, 0.29) is 30.9 Å². The fourth-order valence-electron chi connectivity index (χ4n) is 2.13. The van der Waals surface area contributed by atoms with Crippen LogP contribution in [0.25, 0.3) is 0 Å². The normalized spacial score (nSPS) is 29.8. The minimum absolute atomic E-state index is 0. The monoisotopic (exact) mass is 324 g/mol. The Morgan fingerprint density at radius 2 is 1.65 bits per heavy atom. The van der Waals surface area contributed by atoms with Crippen LogP contribution in [0, 0.1) is 0 Å². The first-order valence-corrected chi connectivity index (χ1v) is 6.20. The lowest BCUT2D eigenvalue weighted by molar-refractivity contribution is -0.0598. The molecule has 0 radical (unpaired) electrons. The molecule has 0 saturated carbocycles. The van der Waals surface area contributed by atoms with Crippen LogP contribution in [0.2, 0.25) is 0 Å². The molecule has 0 amide bonds. The van der Waals surface area contributed by atoms with Gasteiger partial charge >= 0.3 is 0 Å². The van der Waals surface area contributed by atoms with Crippen molar-refractivity contribution in [3.63, 3.8) is 0 Å². The Hall–Kier alpha value is -0.400. The van der Waals surface area contributed by atoms with E-state index in [1.807, 2.05) is 30.3 Å². The van der Waals surface area contributed by atoms with E-state index in [0.717, 1.165) is 5.56 Å². The molecular formula is C13H22Cl2N2O3. The van der Waals surface area contributed by atoms with Crippen molar-refractivity contribution in [2.24, 2.45) is 0 Å². The molecule has 20 heavy (non-hydrogen) atoms. The van der Waals surface area contributed by atoms with Crippen molar-refractivity contribution < 1.29 is 15.3 Å². The number of hydrogen-bond acceptors (Lipinski definition) is 5. The van der Waals surface area contributed by atoms with E-state index in [1.165, 1.54) is 0 Å². The van der Waals surface area contributed by atoms with Crippen LogP contribution in [0.3, 0.4) is 0 Å². The van der Waals surface area contributed by atoms with Crippen molar-refractivity contribution in [2.45, 2.75) is 30.9 Å². The molecule has 4 atom stereocenters. The van der Waals surface area contributed by atoms with Crippen LogP contribution >= 0.6 is 24.8 Å². The molecule has 2 rings (SSSR count). The second-order valence-electron chi connectivity index (χ2n) is 4.68. The summed E-state index contributed by atoms with van der Waals surface area (Å²) >= 11 is 0. The molecule has 1 heterocycles. The smallest absolute Gasteiger partial charge is 0.109 e. The molecule has 0 aromatic heterocycles. The number of rotatable bonds is 3. The standard InChI is InChI=1S/C13H20N2O3.2ClH/c16-11-8-14-7-10(12(17)13(11)18)15-6-9-4-2-1-3-5-9;;/h1-5,10-18H,6-8H2;2*1H/t10-,11-,12-,13-;;/m1../s1. The SMILES string of the molecule is Cl.Cl.O[C@H]1[C@H](O)[C@H](NCc2ccccc2)CNC[C@H]1O. The summed E-state index contributed by atoms with van der Waals surface area (Å²) in [6.07, 6.45) is -3.02. The molecule has 1 aliphatic rings. The predicted molar refractivity (Wildman–Crippen MR) is 82.5 cm³/mol. The fraction of sp³-hybridized carbons (Fsp3) is 0.538. The highest BCUT2D eigenvalue weighted by atomic mass is 35.5. The molecule has 0 aliphatic carbocycles. The second-order valence-corrected chi connectivity index (χ2v) is 4.68. The van der Waals surface area contributed by atoms with Crippen molar-refractivity contribution in [3.8, 4) is 0 Å². The highest BCUT2D eigenvalue weighted by Crippen LogP contribution is 2.09. The Kier molecular flexibility index (Phi) is 9.33. The molecule has 5 nitrogen and oxygen atoms in total. The number of β-amino-alcohol motifs (C(OH)–C–C–N with tert-alkyl or cyclic N) is 1. The summed E-state index contributed by atoms with van der Waals surface area (Å²) in [6.45, 7) is 1.43. The van der Waals surface area contributed by atoms with Gasteiger partial charge in [-0.25, -0.2) is 0 Å². The maximum atomic E-state index is 9.95. The van der Waals surface area contributed by atoms with E-state index < -0.39 is 18.3 Å². The molecule has 0 unspecified atom stereocenters. The number of aliphatic hydroxyl groups excluding tert-OH is 3. The molecular weight excluding hydrogens is 303 g/mol. The van der Waals surface area contributed by atoms with Gasteiger partial charge < -0.3 is 26.0 Å². The molecule has 0 spiro atoms. The molecule has 0 bridgehead atoms. The summed E-state index contributed by atoms with van der Waals surface area (Å²) < 4.78 is 0. The van der Waals surface area contributed by atoms with Gasteiger partial charge in [0.25, 0.3) is 0 Å². The number of benzene rings is 1. The van der Waals surface area contributed by atoms with Crippen molar-refractivity contribution in [1.29, 1.82) is 0 Å². The van der Waals surface area contributed by atoms with Gasteiger partial charge in [0, 0.05) is 25.7 Å². The molecule has 1 aromatic carbocycles. The maximum Gasteiger partial charge on any atom is 0.109 e. The van der Waals surface area contributed by atoms with E-state index in [4.69, 9.17) is 0 Å². The van der Waals surface area contributed by atoms with Gasteiger partial charge in [-0.1, -0.05) is 30.3 Å². The molecule has 5 N–H and O–H groups in total. The Balaban J connectivity index is 0.00000180. The van der Waals surface area contributed by atoms with Crippen LogP contribution in [0.15, 0.2) is 30.3 Å². The first-order chi connectivity index (χ1) is 8.68. The van der Waals surface area contributed by atoms with Crippen LogP contribution in [-0.4, -0.2) is 52.8 Å². The van der Waals surface area contributed by atoms with Crippen LogP contribution in [0.1, 0.15) is 5.56 Å². The third kappa shape index (κ3) is 5.18. The highest BCUT2D eigenvalue weighted by Gasteiger charge is 2.33. The molecule has 1 saturated heterocycles. The van der Waals surface area contributed by atoms with Gasteiger partial charge in [-0.3, -0.25) is 0 Å². The van der Waals surface area contributed by atoms with Crippen LogP contribution < -0.4 is 10.6 Å². The zero-order chi connectivity index (χ0) is 13.0. The quantitative estimate of drug-likeness (QED) is 0.526. The topological polar surface area (TPSA) is 84.8 Å². The van der Waals surface area contributed by atoms with Gasteiger partial charge in [-0.15, -0.1) is 24.8 Å². The van der Waals surface area contributed by atoms with Crippen molar-refractivity contribution in [3.05, 3.63) is 35.9 Å². The maximum absolute atomic E-state index is 9.95. The number of hydrogen-bond donors (Lipinski definition) is 5. The second kappa shape index (κ2) is 9.52. The summed E-state index contributed by atoms with van der Waals surface area (Å²) in [5.41, 5.74) is 1.11. The molecule has 1 fully saturated rings. The first kappa shape index (κ1) is 19.6. The Bertz CT molecular complexity index is 370. The summed E-state index contributed by atoms with van der Waals surface area (Å²) in [4.78, 5) is 0. The minimum Gasteiger partial charge on any atom is -0.389 e. The average Bonchev–Trinajstić information content (AvgIpc) is 2.52. The Labute approximate surface area is 131 Å². The first-order valence-electron chi connectivity index (χ1n) is 6.20. The lowest BCUT2D eigenvalue weighted by Crippen LogP contribution is -2.50. The zero-order valence-electron chi connectivity index (χ0n) is 11.0. The van der Waals surface area contributed by atoms with Gasteiger partial charge in [0.15, 0.2) is 0 Å². The van der Waals surface area contributed by atoms with E-state index in [2.05, 4.69) is 10.6 Å². The van der Waals surface area contributed by atoms with E-state index in [0.29, 0.717) is 19.6 Å². The number of nitrogens with one attached hydrogen (secondary N) is 2. The lowest BCUT2D eigenvalue weighted by atomic mass is 10.0. The average molecular weight is 325 g/mol. The largest absolute Gasteiger partial charge is 0.389 e. The van der Waals surface area contributed by atoms with Crippen LogP contribution in [0.5, 0.6) is 0 Å². The van der Waals surface area contributed by atoms with E-state index in [1.54, 1.807) is 0 Å². The van der Waals surface area contributed by atoms with Gasteiger partial charge in [0.05, 0.1) is 12.2 Å². The Morgan fingerprint density at radius 3 is 2.30 bits per heavy atom. The molecule has 1 aromatic rings. The fourth-order valence-corrected chi connectivity index (χ4v) is 2.13. The molecule has 1 aliphatic heterocycles. The van der Waals surface area contributed by atoms with Crippen LogP contribution in [0.4, 0.5) is 0 Å². The van der Waals surface area contributed by atoms with E-state index >= 15 is 0 Å². The van der Waals surface area contributed by atoms with Crippen molar-refractivity contribution >= 4 is 24.8 Å². The van der Waals surface area contributed by atoms with Crippen LogP contribution in [-0.2, 0) is 6.54 Å². The molecule has 7 heteroatoms. The summed E-state index contributed by atoms with van der Waals surface area (Å²) in [7, 11) is 0. The summed E-state index contributed by atoms with van der Waals surface area (Å²) in [5.74, 6) is 0. The zero-order valence-corrected chi connectivity index (χ0v) is 12.6. The van der Waals surface area contributed by atoms with E-state index in [9.17, 15) is 15.3 Å². The minimum atomic E-state index is -1.12. The third-order valence-electron chi connectivity index (χ3n) is 3.29. The van der Waals surface area contributed by atoms with Crippen molar-refractivity contribution in [1.82, 2.24) is 10.6 Å². The highest BCUT2D eigenvalue weighted by molar-refractivity contribution is 5.85. The van der Waals surface area contributed by atoms with Gasteiger partial charge in [0.1, 0.15) is 6.10 Å². The van der Waals surface area contributed by atoms with Gasteiger partial charge in [-0.2, -0.15) is 0 Å². The molecule has 116 valence electrons. The van der Waals surface area contributed by atoms with Gasteiger partial charge in [0.2, 0.25) is 0 Å². The number of halogens is 2. The summed E-state index contributed by atoms with van der Waals surface area (Å²) in [5, 5.41) is 35.4. The number of aliphatic hydroxyl groups is 3. The third-order valence-corrected chi connectivity index (χ3v) is 3.29. The Morgan fingerprint density at radius 1 is 1.00 bits per heavy atom. The summed E-state index contributed by atoms with van der Waals surface area (Å²) in [6, 6.07) is 9.57. The van der Waals surface area contributed by atoms with Crippen molar-refractivity contribution in [2.75, 3.05) is 13.1 Å².